The van der Waals surface area contributed by atoms with Crippen LogP contribution < -0.4 is 15.4 Å². The van der Waals surface area contributed by atoms with Crippen LogP contribution in [0.1, 0.15) is 24.9 Å². The van der Waals surface area contributed by atoms with Gasteiger partial charge < -0.3 is 20.1 Å². The molecule has 0 saturated carbocycles. The van der Waals surface area contributed by atoms with Gasteiger partial charge in [-0.25, -0.2) is 0 Å². The molecule has 1 atom stereocenters. The van der Waals surface area contributed by atoms with Crippen molar-refractivity contribution >= 4 is 5.91 Å². The highest BCUT2D eigenvalue weighted by molar-refractivity contribution is 5.76. The van der Waals surface area contributed by atoms with Gasteiger partial charge in [0.15, 0.2) is 0 Å². The Balaban J connectivity index is 2.32. The smallest absolute Gasteiger partial charge is 0.221 e. The van der Waals surface area contributed by atoms with Crippen LogP contribution in [0.3, 0.4) is 0 Å². The highest BCUT2D eigenvalue weighted by Gasteiger charge is 2.10. The van der Waals surface area contributed by atoms with Crippen LogP contribution in [0.4, 0.5) is 0 Å². The molecule has 112 valence electrons. The third-order valence-corrected chi connectivity index (χ3v) is 3.04. The lowest BCUT2D eigenvalue weighted by molar-refractivity contribution is -0.121. The van der Waals surface area contributed by atoms with Crippen molar-refractivity contribution in [2.75, 3.05) is 33.9 Å². The second-order valence-electron chi connectivity index (χ2n) is 4.51. The first-order valence-electron chi connectivity index (χ1n) is 6.81. The molecule has 0 spiro atoms. The van der Waals surface area contributed by atoms with Gasteiger partial charge in [-0.3, -0.25) is 4.79 Å². The molecule has 1 rings (SSSR count). The molecule has 0 bridgehead atoms. The number of ether oxygens (including phenoxy) is 2. The van der Waals surface area contributed by atoms with Gasteiger partial charge in [0.05, 0.1) is 13.7 Å². The SMILES string of the molecule is COCCNC(=O)CCNC(C)c1ccccc1OC. The number of amides is 1. The molecule has 1 aromatic rings. The molecule has 0 radical (unpaired) electrons. The summed E-state index contributed by atoms with van der Waals surface area (Å²) in [5.74, 6) is 0.888. The number of benzene rings is 1. The number of hydrogen-bond acceptors (Lipinski definition) is 4. The Morgan fingerprint density at radius 2 is 2.00 bits per heavy atom. The maximum atomic E-state index is 11.5. The van der Waals surface area contributed by atoms with Gasteiger partial charge in [-0.15, -0.1) is 0 Å². The summed E-state index contributed by atoms with van der Waals surface area (Å²) in [5.41, 5.74) is 1.09. The maximum absolute atomic E-state index is 11.5. The van der Waals surface area contributed by atoms with Crippen LogP contribution in [-0.2, 0) is 9.53 Å². The van der Waals surface area contributed by atoms with Crippen LogP contribution in [0.15, 0.2) is 24.3 Å². The van der Waals surface area contributed by atoms with Gasteiger partial charge >= 0.3 is 0 Å². The Morgan fingerprint density at radius 3 is 2.70 bits per heavy atom. The van der Waals surface area contributed by atoms with Crippen molar-refractivity contribution in [3.63, 3.8) is 0 Å². The average molecular weight is 280 g/mol. The first-order valence-corrected chi connectivity index (χ1v) is 6.81. The number of para-hydroxylation sites is 1. The summed E-state index contributed by atoms with van der Waals surface area (Å²) < 4.78 is 10.2. The highest BCUT2D eigenvalue weighted by atomic mass is 16.5. The van der Waals surface area contributed by atoms with Gasteiger partial charge in [0, 0.05) is 38.2 Å². The van der Waals surface area contributed by atoms with Crippen molar-refractivity contribution in [3.05, 3.63) is 29.8 Å². The number of nitrogens with one attached hydrogen (secondary N) is 2. The van der Waals surface area contributed by atoms with Gasteiger partial charge in [-0.1, -0.05) is 18.2 Å². The fourth-order valence-corrected chi connectivity index (χ4v) is 1.92. The Morgan fingerprint density at radius 1 is 1.25 bits per heavy atom. The molecule has 0 aromatic heterocycles. The third-order valence-electron chi connectivity index (χ3n) is 3.04. The van der Waals surface area contributed by atoms with Gasteiger partial charge in [-0.2, -0.15) is 0 Å². The predicted molar refractivity (Wildman–Crippen MR) is 78.9 cm³/mol. The second kappa shape index (κ2) is 9.34. The monoisotopic (exact) mass is 280 g/mol. The van der Waals surface area contributed by atoms with E-state index in [0.717, 1.165) is 11.3 Å². The fraction of sp³-hybridized carbons (Fsp3) is 0.533. The van der Waals surface area contributed by atoms with Gasteiger partial charge in [-0.05, 0) is 13.0 Å². The van der Waals surface area contributed by atoms with E-state index in [4.69, 9.17) is 9.47 Å². The summed E-state index contributed by atoms with van der Waals surface area (Å²) in [7, 11) is 3.28. The normalized spacial score (nSPS) is 11.9. The van der Waals surface area contributed by atoms with E-state index < -0.39 is 0 Å². The van der Waals surface area contributed by atoms with E-state index >= 15 is 0 Å². The van der Waals surface area contributed by atoms with Crippen molar-refractivity contribution in [2.45, 2.75) is 19.4 Å². The molecule has 0 aliphatic rings. The molecule has 20 heavy (non-hydrogen) atoms. The van der Waals surface area contributed by atoms with E-state index in [9.17, 15) is 4.79 Å². The van der Waals surface area contributed by atoms with Gasteiger partial charge in [0.2, 0.25) is 5.91 Å². The third kappa shape index (κ3) is 5.59. The first-order chi connectivity index (χ1) is 9.69. The lowest BCUT2D eigenvalue weighted by atomic mass is 10.1. The molecule has 1 unspecified atom stereocenters. The minimum absolute atomic E-state index is 0.0294. The summed E-state index contributed by atoms with van der Waals surface area (Å²) in [6, 6.07) is 8.02. The summed E-state index contributed by atoms with van der Waals surface area (Å²) >= 11 is 0. The molecule has 0 heterocycles. The van der Waals surface area contributed by atoms with E-state index in [1.165, 1.54) is 0 Å². The Kier molecular flexibility index (Phi) is 7.69. The Bertz CT molecular complexity index is 410. The van der Waals surface area contributed by atoms with E-state index in [-0.39, 0.29) is 11.9 Å². The number of hydrogen-bond donors (Lipinski definition) is 2. The topological polar surface area (TPSA) is 59.6 Å². The highest BCUT2D eigenvalue weighted by Crippen LogP contribution is 2.23. The Hall–Kier alpha value is -1.59. The Labute approximate surface area is 120 Å². The van der Waals surface area contributed by atoms with Crippen LogP contribution in [0.2, 0.25) is 0 Å². The number of rotatable bonds is 9. The molecular weight excluding hydrogens is 256 g/mol. The molecule has 0 aliphatic heterocycles. The largest absolute Gasteiger partial charge is 0.496 e. The molecule has 2 N–H and O–H groups in total. The van der Waals surface area contributed by atoms with Crippen LogP contribution in [0.25, 0.3) is 0 Å². The van der Waals surface area contributed by atoms with Crippen LogP contribution >= 0.6 is 0 Å². The summed E-state index contributed by atoms with van der Waals surface area (Å²) in [6.07, 6.45) is 0.448. The second-order valence-corrected chi connectivity index (χ2v) is 4.51. The van der Waals surface area contributed by atoms with E-state index in [0.29, 0.717) is 26.1 Å². The first kappa shape index (κ1) is 16.5. The van der Waals surface area contributed by atoms with E-state index in [1.807, 2.05) is 24.3 Å². The maximum Gasteiger partial charge on any atom is 0.221 e. The summed E-state index contributed by atoms with van der Waals surface area (Å²) in [5, 5.41) is 6.11. The van der Waals surface area contributed by atoms with Crippen molar-refractivity contribution in [1.82, 2.24) is 10.6 Å². The molecular formula is C15H24N2O3. The van der Waals surface area contributed by atoms with Gasteiger partial charge in [0.25, 0.3) is 0 Å². The molecule has 5 heteroatoms. The minimum atomic E-state index is 0.0294. The molecule has 0 aliphatic carbocycles. The van der Waals surface area contributed by atoms with Crippen molar-refractivity contribution in [3.8, 4) is 5.75 Å². The fourth-order valence-electron chi connectivity index (χ4n) is 1.92. The number of carbonyl (C=O) groups is 1. The van der Waals surface area contributed by atoms with Crippen LogP contribution in [-0.4, -0.2) is 39.8 Å². The predicted octanol–water partition coefficient (Wildman–Crippen LogP) is 1.50. The number of methoxy groups -OCH3 is 2. The quantitative estimate of drug-likeness (QED) is 0.673. The van der Waals surface area contributed by atoms with Crippen molar-refractivity contribution < 1.29 is 14.3 Å². The molecule has 1 aromatic carbocycles. The molecule has 1 amide bonds. The average Bonchev–Trinajstić information content (AvgIpc) is 2.47. The minimum Gasteiger partial charge on any atom is -0.496 e. The zero-order valence-electron chi connectivity index (χ0n) is 12.4. The number of carbonyl (C=O) groups excluding carboxylic acids is 1. The standard InChI is InChI=1S/C15H24N2O3/c1-12(13-6-4-5-7-14(13)20-3)16-9-8-15(18)17-10-11-19-2/h4-7,12,16H,8-11H2,1-3H3,(H,17,18). The summed E-state index contributed by atoms with van der Waals surface area (Å²) in [6.45, 7) is 3.77. The van der Waals surface area contributed by atoms with Crippen molar-refractivity contribution in [2.24, 2.45) is 0 Å². The van der Waals surface area contributed by atoms with Crippen LogP contribution in [0.5, 0.6) is 5.75 Å². The van der Waals surface area contributed by atoms with Gasteiger partial charge in [0.1, 0.15) is 5.75 Å². The lowest BCUT2D eigenvalue weighted by Crippen LogP contribution is -2.30. The molecule has 0 fully saturated rings. The molecule has 5 nitrogen and oxygen atoms in total. The molecule has 0 saturated heterocycles. The van der Waals surface area contributed by atoms with Crippen molar-refractivity contribution in [1.29, 1.82) is 0 Å². The van der Waals surface area contributed by atoms with E-state index in [1.54, 1.807) is 14.2 Å². The zero-order chi connectivity index (χ0) is 14.8. The zero-order valence-corrected chi connectivity index (χ0v) is 12.4. The van der Waals surface area contributed by atoms with E-state index in [2.05, 4.69) is 17.6 Å². The lowest BCUT2D eigenvalue weighted by Gasteiger charge is -2.17. The summed E-state index contributed by atoms with van der Waals surface area (Å²) in [4.78, 5) is 11.5. The van der Waals surface area contributed by atoms with Crippen LogP contribution in [0, 0.1) is 0 Å².